The van der Waals surface area contributed by atoms with Gasteiger partial charge in [0.05, 0.1) is 52.9 Å². The lowest BCUT2D eigenvalue weighted by molar-refractivity contribution is -0.00232. The molecule has 10 heteroatoms. The number of ether oxygens (including phenoxy) is 4. The van der Waals surface area contributed by atoms with Gasteiger partial charge in [0.25, 0.3) is 0 Å². The maximum absolute atomic E-state index is 10.5. The molecule has 1 amide bonds. The van der Waals surface area contributed by atoms with Crippen molar-refractivity contribution < 1.29 is 28.8 Å². The first-order valence-corrected chi connectivity index (χ1v) is 6.94. The van der Waals surface area contributed by atoms with E-state index in [1.54, 1.807) is 0 Å². The number of amides is 1. The van der Waals surface area contributed by atoms with Gasteiger partial charge >= 0.3 is 6.09 Å². The fraction of sp³-hybridized carbons (Fsp3) is 0.917. The smallest absolute Gasteiger partial charge is 0.407 e. The SMILES string of the molecule is CN(CCOCCOCCOCCOCCN=[N+]=[N-])C(=O)O. The average Bonchev–Trinajstić information content (AvgIpc) is 2.50. The molecule has 0 aromatic carbocycles. The van der Waals surface area contributed by atoms with Crippen LogP contribution in [0.4, 0.5) is 4.79 Å². The molecule has 128 valence electrons. The van der Waals surface area contributed by atoms with E-state index in [0.717, 1.165) is 4.90 Å². The number of hydrogen-bond acceptors (Lipinski definition) is 6. The van der Waals surface area contributed by atoms with Crippen LogP contribution in [0.15, 0.2) is 5.11 Å². The van der Waals surface area contributed by atoms with Crippen molar-refractivity contribution in [2.24, 2.45) is 5.11 Å². The summed E-state index contributed by atoms with van der Waals surface area (Å²) in [6.45, 7) is 4.05. The highest BCUT2D eigenvalue weighted by Crippen LogP contribution is 1.86. The zero-order valence-electron chi connectivity index (χ0n) is 12.8. The van der Waals surface area contributed by atoms with Crippen LogP contribution in [0, 0.1) is 0 Å². The van der Waals surface area contributed by atoms with Crippen molar-refractivity contribution in [2.75, 3.05) is 73.0 Å². The van der Waals surface area contributed by atoms with Crippen molar-refractivity contribution in [3.05, 3.63) is 10.4 Å². The summed E-state index contributed by atoms with van der Waals surface area (Å²) in [7, 11) is 1.49. The number of nitrogens with zero attached hydrogens (tertiary/aromatic N) is 4. The molecule has 0 aliphatic carbocycles. The Morgan fingerprint density at radius 2 is 1.45 bits per heavy atom. The molecular formula is C12H24N4O6. The van der Waals surface area contributed by atoms with Gasteiger partial charge in [-0.3, -0.25) is 0 Å². The quantitative estimate of drug-likeness (QED) is 0.207. The lowest BCUT2D eigenvalue weighted by Crippen LogP contribution is -2.28. The monoisotopic (exact) mass is 320 g/mol. The van der Waals surface area contributed by atoms with Crippen molar-refractivity contribution in [1.82, 2.24) is 4.90 Å². The maximum atomic E-state index is 10.5. The Bertz CT molecular complexity index is 325. The second-order valence-electron chi connectivity index (χ2n) is 4.11. The molecule has 0 spiro atoms. The maximum Gasteiger partial charge on any atom is 0.407 e. The van der Waals surface area contributed by atoms with E-state index in [-0.39, 0.29) is 0 Å². The Morgan fingerprint density at radius 1 is 1.00 bits per heavy atom. The third kappa shape index (κ3) is 14.8. The summed E-state index contributed by atoms with van der Waals surface area (Å²) in [6.07, 6.45) is -0.973. The summed E-state index contributed by atoms with van der Waals surface area (Å²) in [4.78, 5) is 14.2. The molecule has 0 atom stereocenters. The summed E-state index contributed by atoms with van der Waals surface area (Å²) in [5, 5.41) is 11.9. The number of hydrogen-bond donors (Lipinski definition) is 1. The molecule has 0 radical (unpaired) electrons. The largest absolute Gasteiger partial charge is 0.465 e. The zero-order chi connectivity index (χ0) is 16.5. The lowest BCUT2D eigenvalue weighted by Gasteiger charge is -2.12. The van der Waals surface area contributed by atoms with E-state index < -0.39 is 6.09 Å². The first-order valence-electron chi connectivity index (χ1n) is 6.94. The van der Waals surface area contributed by atoms with E-state index in [0.29, 0.717) is 65.9 Å². The summed E-state index contributed by atoms with van der Waals surface area (Å²) in [6, 6.07) is 0. The summed E-state index contributed by atoms with van der Waals surface area (Å²) < 4.78 is 20.9. The van der Waals surface area contributed by atoms with Crippen molar-refractivity contribution in [3.63, 3.8) is 0 Å². The van der Waals surface area contributed by atoms with Gasteiger partial charge in [0.1, 0.15) is 0 Å². The molecule has 0 aromatic rings. The highest BCUT2D eigenvalue weighted by molar-refractivity contribution is 5.64. The van der Waals surface area contributed by atoms with Gasteiger partial charge in [-0.2, -0.15) is 0 Å². The fourth-order valence-corrected chi connectivity index (χ4v) is 1.21. The van der Waals surface area contributed by atoms with Crippen LogP contribution < -0.4 is 0 Å². The number of carboxylic acid groups (broad SMARTS) is 1. The Kier molecular flexibility index (Phi) is 14.7. The summed E-state index contributed by atoms with van der Waals surface area (Å²) in [5.74, 6) is 0. The van der Waals surface area contributed by atoms with Crippen molar-refractivity contribution in [2.45, 2.75) is 0 Å². The molecule has 0 aliphatic rings. The third-order valence-electron chi connectivity index (χ3n) is 2.41. The van der Waals surface area contributed by atoms with Gasteiger partial charge in [-0.25, -0.2) is 4.79 Å². The van der Waals surface area contributed by atoms with Crippen LogP contribution in [0.25, 0.3) is 10.4 Å². The van der Waals surface area contributed by atoms with Gasteiger partial charge in [-0.1, -0.05) is 5.11 Å². The lowest BCUT2D eigenvalue weighted by atomic mass is 10.6. The zero-order valence-corrected chi connectivity index (χ0v) is 12.8. The highest BCUT2D eigenvalue weighted by atomic mass is 16.6. The Balaban J connectivity index is 3.08. The number of carbonyl (C=O) groups is 1. The van der Waals surface area contributed by atoms with E-state index in [2.05, 4.69) is 10.0 Å². The van der Waals surface area contributed by atoms with E-state index in [9.17, 15) is 4.79 Å². The van der Waals surface area contributed by atoms with E-state index >= 15 is 0 Å². The first kappa shape index (κ1) is 20.4. The van der Waals surface area contributed by atoms with Crippen LogP contribution in [0.1, 0.15) is 0 Å². The van der Waals surface area contributed by atoms with Crippen molar-refractivity contribution in [1.29, 1.82) is 0 Å². The van der Waals surface area contributed by atoms with Crippen LogP contribution in [0.2, 0.25) is 0 Å². The molecule has 0 heterocycles. The van der Waals surface area contributed by atoms with Crippen LogP contribution in [0.3, 0.4) is 0 Å². The van der Waals surface area contributed by atoms with Gasteiger partial charge in [-0.05, 0) is 5.53 Å². The first-order chi connectivity index (χ1) is 10.7. The van der Waals surface area contributed by atoms with Gasteiger partial charge in [0.2, 0.25) is 0 Å². The molecule has 0 aliphatic heterocycles. The molecule has 1 N–H and O–H groups in total. The second-order valence-corrected chi connectivity index (χ2v) is 4.11. The molecule has 0 aromatic heterocycles. The van der Waals surface area contributed by atoms with E-state index in [4.69, 9.17) is 29.6 Å². The molecule has 0 fully saturated rings. The Labute approximate surface area is 129 Å². The molecule has 0 unspecified atom stereocenters. The third-order valence-corrected chi connectivity index (χ3v) is 2.41. The Morgan fingerprint density at radius 3 is 1.91 bits per heavy atom. The predicted octanol–water partition coefficient (Wildman–Crippen LogP) is 0.973. The second kappa shape index (κ2) is 15.8. The van der Waals surface area contributed by atoms with Crippen LogP contribution in [0.5, 0.6) is 0 Å². The van der Waals surface area contributed by atoms with Gasteiger partial charge < -0.3 is 29.0 Å². The predicted molar refractivity (Wildman–Crippen MR) is 77.9 cm³/mol. The van der Waals surface area contributed by atoms with Crippen LogP contribution >= 0.6 is 0 Å². The topological polar surface area (TPSA) is 126 Å². The number of azide groups is 1. The minimum atomic E-state index is -0.973. The fourth-order valence-electron chi connectivity index (χ4n) is 1.21. The molecular weight excluding hydrogens is 296 g/mol. The Hall–Kier alpha value is -1.58. The van der Waals surface area contributed by atoms with Gasteiger partial charge in [0.15, 0.2) is 0 Å². The highest BCUT2D eigenvalue weighted by Gasteiger charge is 2.03. The van der Waals surface area contributed by atoms with Crippen LogP contribution in [-0.4, -0.2) is 89.1 Å². The van der Waals surface area contributed by atoms with E-state index in [1.165, 1.54) is 7.05 Å². The molecule has 10 nitrogen and oxygen atoms in total. The van der Waals surface area contributed by atoms with Crippen LogP contribution in [-0.2, 0) is 18.9 Å². The van der Waals surface area contributed by atoms with E-state index in [1.807, 2.05) is 0 Å². The number of rotatable bonds is 15. The summed E-state index contributed by atoms with van der Waals surface area (Å²) >= 11 is 0. The van der Waals surface area contributed by atoms with Gasteiger partial charge in [0, 0.05) is 25.0 Å². The average molecular weight is 320 g/mol. The number of likely N-dealkylation sites (N-methyl/N-ethyl adjacent to an activating group) is 1. The summed E-state index contributed by atoms with van der Waals surface area (Å²) in [5.41, 5.74) is 8.03. The van der Waals surface area contributed by atoms with Gasteiger partial charge in [-0.15, -0.1) is 0 Å². The molecule has 22 heavy (non-hydrogen) atoms. The molecule has 0 saturated heterocycles. The molecule has 0 saturated carbocycles. The molecule has 0 bridgehead atoms. The standard InChI is InChI=1S/C12H24N4O6/c1-16(12(17)18)3-5-20-7-9-22-11-10-21-8-6-19-4-2-14-15-13/h2-11H2,1H3,(H,17,18). The molecule has 0 rings (SSSR count). The van der Waals surface area contributed by atoms with Crippen molar-refractivity contribution >= 4 is 6.09 Å². The minimum Gasteiger partial charge on any atom is -0.465 e. The minimum absolute atomic E-state index is 0.321. The normalized spacial score (nSPS) is 10.2. The van der Waals surface area contributed by atoms with Crippen molar-refractivity contribution in [3.8, 4) is 0 Å².